The van der Waals surface area contributed by atoms with Crippen LogP contribution in [-0.2, 0) is 0 Å². The van der Waals surface area contributed by atoms with Crippen LogP contribution in [-0.4, -0.2) is 22.1 Å². The van der Waals surface area contributed by atoms with Gasteiger partial charge >= 0.3 is 0 Å². The lowest BCUT2D eigenvalue weighted by molar-refractivity contribution is 1.58. The lowest BCUT2D eigenvalue weighted by Crippen LogP contribution is -1.97. The van der Waals surface area contributed by atoms with E-state index in [1.54, 1.807) is 35.9 Å². The SMILES string of the molecule is C=CN=C(C)SCC(=NC=C)SC. The molecule has 0 rings (SSSR count). The second-order valence-corrected chi connectivity index (χ2v) is 4.08. The van der Waals surface area contributed by atoms with Gasteiger partial charge in [-0.25, -0.2) is 0 Å². The molecule has 72 valence electrons. The highest BCUT2D eigenvalue weighted by molar-refractivity contribution is 8.19. The van der Waals surface area contributed by atoms with Crippen molar-refractivity contribution in [1.29, 1.82) is 0 Å². The molecule has 2 nitrogen and oxygen atoms in total. The van der Waals surface area contributed by atoms with Crippen molar-refractivity contribution in [2.45, 2.75) is 6.92 Å². The summed E-state index contributed by atoms with van der Waals surface area (Å²) < 4.78 is 0. The summed E-state index contributed by atoms with van der Waals surface area (Å²) in [6.07, 6.45) is 5.11. The smallest absolute Gasteiger partial charge is 0.0831 e. The minimum absolute atomic E-state index is 0.844. The van der Waals surface area contributed by atoms with Crippen molar-refractivity contribution in [3.8, 4) is 0 Å². The van der Waals surface area contributed by atoms with E-state index in [1.807, 2.05) is 13.2 Å². The second kappa shape index (κ2) is 8.13. The van der Waals surface area contributed by atoms with E-state index in [4.69, 9.17) is 0 Å². The van der Waals surface area contributed by atoms with Crippen LogP contribution in [0.1, 0.15) is 6.92 Å². The second-order valence-electron chi connectivity index (χ2n) is 2.03. The first-order chi connectivity index (χ1) is 6.24. The third-order valence-electron chi connectivity index (χ3n) is 1.15. The van der Waals surface area contributed by atoms with Crippen LogP contribution in [0.2, 0.25) is 0 Å². The Morgan fingerprint density at radius 1 is 1.31 bits per heavy atom. The van der Waals surface area contributed by atoms with E-state index < -0.39 is 0 Å². The van der Waals surface area contributed by atoms with E-state index in [9.17, 15) is 0 Å². The van der Waals surface area contributed by atoms with Crippen molar-refractivity contribution < 1.29 is 0 Å². The summed E-state index contributed by atoms with van der Waals surface area (Å²) in [4.78, 5) is 8.16. The van der Waals surface area contributed by atoms with Crippen LogP contribution in [0.15, 0.2) is 35.5 Å². The lowest BCUT2D eigenvalue weighted by Gasteiger charge is -2.00. The maximum atomic E-state index is 4.12. The normalized spacial score (nSPS) is 12.8. The molecule has 0 aromatic carbocycles. The van der Waals surface area contributed by atoms with Crippen LogP contribution in [0.4, 0.5) is 0 Å². The molecule has 0 aromatic heterocycles. The van der Waals surface area contributed by atoms with E-state index in [-0.39, 0.29) is 0 Å². The topological polar surface area (TPSA) is 24.7 Å². The highest BCUT2D eigenvalue weighted by Crippen LogP contribution is 2.10. The highest BCUT2D eigenvalue weighted by Gasteiger charge is 1.98. The van der Waals surface area contributed by atoms with Gasteiger partial charge in [-0.15, -0.1) is 23.5 Å². The van der Waals surface area contributed by atoms with Gasteiger partial charge in [0.2, 0.25) is 0 Å². The Kier molecular flexibility index (Phi) is 7.83. The minimum Gasteiger partial charge on any atom is -0.255 e. The van der Waals surface area contributed by atoms with Crippen molar-refractivity contribution >= 4 is 33.6 Å². The van der Waals surface area contributed by atoms with Crippen LogP contribution in [0.25, 0.3) is 0 Å². The number of hydrogen-bond donors (Lipinski definition) is 0. The zero-order valence-corrected chi connectivity index (χ0v) is 9.62. The fourth-order valence-electron chi connectivity index (χ4n) is 0.583. The summed E-state index contributed by atoms with van der Waals surface area (Å²) in [5.74, 6) is 0.844. The van der Waals surface area contributed by atoms with Crippen LogP contribution in [0, 0.1) is 0 Å². The average molecular weight is 214 g/mol. The third-order valence-corrected chi connectivity index (χ3v) is 2.99. The molecule has 0 heterocycles. The van der Waals surface area contributed by atoms with Crippen molar-refractivity contribution in [1.82, 2.24) is 0 Å². The van der Waals surface area contributed by atoms with E-state index in [2.05, 4.69) is 23.1 Å². The van der Waals surface area contributed by atoms with Gasteiger partial charge in [0.1, 0.15) is 0 Å². The summed E-state index contributed by atoms with van der Waals surface area (Å²) in [5, 5.41) is 2.06. The molecule has 0 aromatic rings. The van der Waals surface area contributed by atoms with E-state index in [1.165, 1.54) is 0 Å². The monoisotopic (exact) mass is 214 g/mol. The van der Waals surface area contributed by atoms with Crippen molar-refractivity contribution in [3.05, 3.63) is 25.6 Å². The summed E-state index contributed by atoms with van der Waals surface area (Å²) >= 11 is 3.28. The van der Waals surface area contributed by atoms with Gasteiger partial charge in [0.15, 0.2) is 0 Å². The van der Waals surface area contributed by atoms with E-state index in [0.29, 0.717) is 0 Å². The number of rotatable bonds is 4. The zero-order valence-electron chi connectivity index (χ0n) is 7.99. The van der Waals surface area contributed by atoms with Gasteiger partial charge in [-0.2, -0.15) is 0 Å². The lowest BCUT2D eigenvalue weighted by atomic mass is 10.8. The Morgan fingerprint density at radius 3 is 2.38 bits per heavy atom. The quantitative estimate of drug-likeness (QED) is 0.530. The van der Waals surface area contributed by atoms with Crippen LogP contribution in [0.3, 0.4) is 0 Å². The van der Waals surface area contributed by atoms with Crippen LogP contribution >= 0.6 is 23.5 Å². The summed E-state index contributed by atoms with van der Waals surface area (Å²) in [6.45, 7) is 9.04. The fourth-order valence-corrected chi connectivity index (χ4v) is 1.97. The molecule has 0 N–H and O–H groups in total. The molecule has 0 fully saturated rings. The van der Waals surface area contributed by atoms with Gasteiger partial charge in [0, 0.05) is 18.2 Å². The Hall–Kier alpha value is -0.480. The first-order valence-corrected chi connectivity index (χ1v) is 5.95. The van der Waals surface area contributed by atoms with E-state index >= 15 is 0 Å². The van der Waals surface area contributed by atoms with Crippen molar-refractivity contribution in [3.63, 3.8) is 0 Å². The molecular formula is C9H14N2S2. The van der Waals surface area contributed by atoms with Gasteiger partial charge < -0.3 is 0 Å². The minimum atomic E-state index is 0.844. The Labute approximate surface area is 88.3 Å². The fraction of sp³-hybridized carbons (Fsp3) is 0.333. The molecule has 13 heavy (non-hydrogen) atoms. The van der Waals surface area contributed by atoms with Crippen LogP contribution in [0.5, 0.6) is 0 Å². The molecule has 0 radical (unpaired) electrons. The maximum absolute atomic E-state index is 4.12. The molecule has 0 saturated carbocycles. The summed E-state index contributed by atoms with van der Waals surface area (Å²) in [7, 11) is 0. The van der Waals surface area contributed by atoms with Gasteiger partial charge in [-0.3, -0.25) is 9.98 Å². The van der Waals surface area contributed by atoms with Gasteiger partial charge in [0.25, 0.3) is 0 Å². The first-order valence-electron chi connectivity index (χ1n) is 3.74. The summed E-state index contributed by atoms with van der Waals surface area (Å²) in [5.41, 5.74) is 0. The number of aliphatic imine (C=N–C) groups is 2. The largest absolute Gasteiger partial charge is 0.255 e. The predicted molar refractivity (Wildman–Crippen MR) is 66.9 cm³/mol. The highest BCUT2D eigenvalue weighted by atomic mass is 32.2. The molecule has 0 atom stereocenters. The van der Waals surface area contributed by atoms with E-state index in [0.717, 1.165) is 15.8 Å². The predicted octanol–water partition coefficient (Wildman–Crippen LogP) is 3.19. The molecular weight excluding hydrogens is 200 g/mol. The molecule has 0 aliphatic rings. The molecule has 0 unspecified atom stereocenters. The Morgan fingerprint density at radius 2 is 1.92 bits per heavy atom. The van der Waals surface area contributed by atoms with Crippen molar-refractivity contribution in [2.24, 2.45) is 9.98 Å². The molecule has 0 spiro atoms. The number of thioether (sulfide) groups is 2. The number of nitrogens with zero attached hydrogens (tertiary/aromatic N) is 2. The van der Waals surface area contributed by atoms with Gasteiger partial charge in [0.05, 0.1) is 10.1 Å². The standard InChI is InChI=1S/C9H14N2S2/c1-5-10-8(3)13-7-9(12-4)11-6-2/h5-6H,1-2,7H2,3-4H3. The molecule has 0 saturated heterocycles. The summed E-state index contributed by atoms with van der Waals surface area (Å²) in [6, 6.07) is 0. The molecule has 0 aliphatic carbocycles. The Bertz CT molecular complexity index is 232. The van der Waals surface area contributed by atoms with Crippen LogP contribution < -0.4 is 0 Å². The molecule has 0 bridgehead atoms. The first kappa shape index (κ1) is 12.5. The average Bonchev–Trinajstić information content (AvgIpc) is 2.12. The molecule has 0 aliphatic heterocycles. The van der Waals surface area contributed by atoms with Crippen molar-refractivity contribution in [2.75, 3.05) is 12.0 Å². The third kappa shape index (κ3) is 6.66. The van der Waals surface area contributed by atoms with Gasteiger partial charge in [-0.05, 0) is 13.2 Å². The van der Waals surface area contributed by atoms with Gasteiger partial charge in [-0.1, -0.05) is 13.2 Å². The zero-order chi connectivity index (χ0) is 10.1. The molecule has 4 heteroatoms. The number of hydrogen-bond acceptors (Lipinski definition) is 4. The molecule has 0 amide bonds. The Balaban J connectivity index is 3.98. The maximum Gasteiger partial charge on any atom is 0.0831 e.